The Hall–Kier alpha value is -1.29. The van der Waals surface area contributed by atoms with Crippen molar-refractivity contribution < 1.29 is 4.42 Å². The quantitative estimate of drug-likeness (QED) is 0.732. The van der Waals surface area contributed by atoms with E-state index in [1.54, 1.807) is 23.8 Å². The molecule has 0 aliphatic carbocycles. The molecule has 0 spiro atoms. The molecule has 0 bridgehead atoms. The van der Waals surface area contributed by atoms with Crippen molar-refractivity contribution >= 4 is 16.3 Å². The number of aromatic nitrogens is 1. The summed E-state index contributed by atoms with van der Waals surface area (Å²) < 4.78 is 5.15. The highest BCUT2D eigenvalue weighted by Crippen LogP contribution is 2.30. The Bertz CT molecular complexity index is 378. The highest BCUT2D eigenvalue weighted by molar-refractivity contribution is 7.16. The predicted octanol–water partition coefficient (Wildman–Crippen LogP) is 2.29. The lowest BCUT2D eigenvalue weighted by molar-refractivity contribution is 0.574. The fourth-order valence-electron chi connectivity index (χ4n) is 1.07. The molecule has 2 aromatic heterocycles. The minimum absolute atomic E-state index is 0.639. The summed E-state index contributed by atoms with van der Waals surface area (Å²) in [5, 5.41) is 0.792. The van der Waals surface area contributed by atoms with Crippen LogP contribution in [0.3, 0.4) is 0 Å². The molecule has 0 radical (unpaired) electrons. The van der Waals surface area contributed by atoms with Crippen LogP contribution in [-0.4, -0.2) is 4.98 Å². The topological polar surface area (TPSA) is 52.0 Å². The van der Waals surface area contributed by atoms with E-state index < -0.39 is 0 Å². The Morgan fingerprint density at radius 3 is 2.92 bits per heavy atom. The number of oxazole rings is 1. The summed E-state index contributed by atoms with van der Waals surface area (Å²) in [6.45, 7) is 2.00. The van der Waals surface area contributed by atoms with Crippen LogP contribution in [-0.2, 0) is 0 Å². The van der Waals surface area contributed by atoms with Crippen LogP contribution in [0.25, 0.3) is 11.5 Å². The van der Waals surface area contributed by atoms with Gasteiger partial charge in [-0.05, 0) is 13.0 Å². The number of aryl methyl sites for hydroxylation is 1. The molecule has 3 nitrogen and oxygen atoms in total. The van der Waals surface area contributed by atoms with Gasteiger partial charge in [-0.3, -0.25) is 0 Å². The zero-order valence-corrected chi connectivity index (χ0v) is 7.39. The van der Waals surface area contributed by atoms with Crippen molar-refractivity contribution in [3.05, 3.63) is 23.4 Å². The Kier molecular flexibility index (Phi) is 1.62. The maximum Gasteiger partial charge on any atom is 0.227 e. The number of anilines is 1. The van der Waals surface area contributed by atoms with Crippen LogP contribution in [0.15, 0.2) is 22.9 Å². The first-order chi connectivity index (χ1) is 5.77. The van der Waals surface area contributed by atoms with Gasteiger partial charge in [0.1, 0.15) is 6.26 Å². The van der Waals surface area contributed by atoms with E-state index >= 15 is 0 Å². The Labute approximate surface area is 73.8 Å². The number of hydrogen-bond donors (Lipinski definition) is 1. The van der Waals surface area contributed by atoms with Crippen LogP contribution in [0.1, 0.15) is 4.88 Å². The smallest absolute Gasteiger partial charge is 0.227 e. The molecule has 0 unspecified atom stereocenters. The fraction of sp³-hybridized carbons (Fsp3) is 0.125. The molecule has 0 saturated carbocycles. The monoisotopic (exact) mass is 180 g/mol. The van der Waals surface area contributed by atoms with Gasteiger partial charge in [-0.1, -0.05) is 0 Å². The van der Waals surface area contributed by atoms with Crippen molar-refractivity contribution in [1.82, 2.24) is 4.98 Å². The van der Waals surface area contributed by atoms with E-state index in [9.17, 15) is 0 Å². The average Bonchev–Trinajstić information content (AvgIpc) is 2.58. The largest absolute Gasteiger partial charge is 0.444 e. The second kappa shape index (κ2) is 2.64. The highest BCUT2D eigenvalue weighted by atomic mass is 32.1. The zero-order chi connectivity index (χ0) is 8.55. The van der Waals surface area contributed by atoms with E-state index in [4.69, 9.17) is 10.2 Å². The number of nitrogen functional groups attached to an aromatic ring is 1. The standard InChI is InChI=1S/C8H8N2OS/c1-5-6(4-7(9)12-5)8-10-2-3-11-8/h2-4H,9H2,1H3. The van der Waals surface area contributed by atoms with Crippen molar-refractivity contribution in [3.63, 3.8) is 0 Å². The van der Waals surface area contributed by atoms with E-state index in [2.05, 4.69) is 4.98 Å². The van der Waals surface area contributed by atoms with Crippen LogP contribution >= 0.6 is 11.3 Å². The lowest BCUT2D eigenvalue weighted by atomic mass is 10.3. The molecule has 0 saturated heterocycles. The van der Waals surface area contributed by atoms with Crippen LogP contribution in [0, 0.1) is 6.92 Å². The lowest BCUT2D eigenvalue weighted by Gasteiger charge is -1.89. The van der Waals surface area contributed by atoms with E-state index in [-0.39, 0.29) is 0 Å². The number of thiophene rings is 1. The molecule has 2 rings (SSSR count). The molecule has 0 aliphatic rings. The third-order valence-corrected chi connectivity index (χ3v) is 2.48. The molecule has 0 fully saturated rings. The number of hydrogen-bond acceptors (Lipinski definition) is 4. The third-order valence-electron chi connectivity index (χ3n) is 1.60. The van der Waals surface area contributed by atoms with E-state index in [1.807, 2.05) is 13.0 Å². The molecule has 62 valence electrons. The maximum absolute atomic E-state index is 5.63. The van der Waals surface area contributed by atoms with Gasteiger partial charge in [-0.15, -0.1) is 11.3 Å². The van der Waals surface area contributed by atoms with Crippen LogP contribution in [0.2, 0.25) is 0 Å². The molecule has 0 atom stereocenters. The van der Waals surface area contributed by atoms with Crippen LogP contribution in [0.5, 0.6) is 0 Å². The molecule has 2 aromatic rings. The van der Waals surface area contributed by atoms with Gasteiger partial charge in [0.05, 0.1) is 16.8 Å². The molecule has 2 N–H and O–H groups in total. The lowest BCUT2D eigenvalue weighted by Crippen LogP contribution is -1.76. The molecular weight excluding hydrogens is 172 g/mol. The van der Waals surface area contributed by atoms with Crippen LogP contribution in [0.4, 0.5) is 5.00 Å². The Balaban J connectivity index is 2.54. The first kappa shape index (κ1) is 7.36. The van der Waals surface area contributed by atoms with E-state index in [0.717, 1.165) is 15.4 Å². The van der Waals surface area contributed by atoms with Crippen molar-refractivity contribution in [2.24, 2.45) is 0 Å². The van der Waals surface area contributed by atoms with Crippen molar-refractivity contribution in [2.75, 3.05) is 5.73 Å². The first-order valence-corrected chi connectivity index (χ1v) is 4.35. The van der Waals surface area contributed by atoms with Gasteiger partial charge in [-0.25, -0.2) is 4.98 Å². The summed E-state index contributed by atoms with van der Waals surface area (Å²) in [7, 11) is 0. The summed E-state index contributed by atoms with van der Waals surface area (Å²) in [5.41, 5.74) is 6.62. The van der Waals surface area contributed by atoms with Gasteiger partial charge >= 0.3 is 0 Å². The molecule has 12 heavy (non-hydrogen) atoms. The van der Waals surface area contributed by atoms with Gasteiger partial charge in [0.15, 0.2) is 0 Å². The second-order valence-corrected chi connectivity index (χ2v) is 3.74. The van der Waals surface area contributed by atoms with E-state index in [1.165, 1.54) is 0 Å². The van der Waals surface area contributed by atoms with Crippen LogP contribution < -0.4 is 5.73 Å². The molecule has 4 heteroatoms. The molecule has 2 heterocycles. The zero-order valence-electron chi connectivity index (χ0n) is 6.57. The molecule has 0 amide bonds. The van der Waals surface area contributed by atoms with Gasteiger partial charge in [0.2, 0.25) is 5.89 Å². The minimum Gasteiger partial charge on any atom is -0.444 e. The number of rotatable bonds is 1. The molecule has 0 aliphatic heterocycles. The minimum atomic E-state index is 0.639. The van der Waals surface area contributed by atoms with Gasteiger partial charge in [0.25, 0.3) is 0 Å². The Morgan fingerprint density at radius 2 is 2.42 bits per heavy atom. The Morgan fingerprint density at radius 1 is 1.58 bits per heavy atom. The van der Waals surface area contributed by atoms with Crippen molar-refractivity contribution in [3.8, 4) is 11.5 Å². The third kappa shape index (κ3) is 1.10. The van der Waals surface area contributed by atoms with Gasteiger partial charge in [-0.2, -0.15) is 0 Å². The van der Waals surface area contributed by atoms with Crippen molar-refractivity contribution in [2.45, 2.75) is 6.92 Å². The predicted molar refractivity (Wildman–Crippen MR) is 49.0 cm³/mol. The van der Waals surface area contributed by atoms with Gasteiger partial charge < -0.3 is 10.2 Å². The van der Waals surface area contributed by atoms with E-state index in [0.29, 0.717) is 5.89 Å². The number of nitrogens with zero attached hydrogens (tertiary/aromatic N) is 1. The SMILES string of the molecule is Cc1sc(N)cc1-c1ncco1. The summed E-state index contributed by atoms with van der Waals surface area (Å²) in [5.74, 6) is 0.639. The molecular formula is C8H8N2OS. The summed E-state index contributed by atoms with van der Waals surface area (Å²) in [6.07, 6.45) is 3.19. The van der Waals surface area contributed by atoms with Gasteiger partial charge in [0, 0.05) is 4.88 Å². The first-order valence-electron chi connectivity index (χ1n) is 3.53. The summed E-state index contributed by atoms with van der Waals surface area (Å²) in [6, 6.07) is 1.88. The summed E-state index contributed by atoms with van der Waals surface area (Å²) in [4.78, 5) is 5.18. The number of nitrogens with two attached hydrogens (primary N) is 1. The fourth-order valence-corrected chi connectivity index (χ4v) is 1.86. The second-order valence-electron chi connectivity index (χ2n) is 2.46. The normalized spacial score (nSPS) is 10.4. The maximum atomic E-state index is 5.63. The summed E-state index contributed by atoms with van der Waals surface area (Å²) >= 11 is 1.55. The molecule has 0 aromatic carbocycles. The van der Waals surface area contributed by atoms with Crippen molar-refractivity contribution in [1.29, 1.82) is 0 Å². The average molecular weight is 180 g/mol. The highest BCUT2D eigenvalue weighted by Gasteiger charge is 2.08.